The zero-order chi connectivity index (χ0) is 10.8. The van der Waals surface area contributed by atoms with Crippen molar-refractivity contribution in [3.8, 4) is 22.8 Å². The number of nitrogens with zero attached hydrogens (tertiary/aromatic N) is 1. The van der Waals surface area contributed by atoms with E-state index in [0.717, 1.165) is 0 Å². The SMILES string of the molecule is COc1cccc(O)c1-c1cc(N)on1. The van der Waals surface area contributed by atoms with Crippen LogP contribution in [0.3, 0.4) is 0 Å². The summed E-state index contributed by atoms with van der Waals surface area (Å²) in [5, 5.41) is 13.4. The number of anilines is 1. The highest BCUT2D eigenvalue weighted by atomic mass is 16.5. The lowest BCUT2D eigenvalue weighted by Gasteiger charge is -2.06. The highest BCUT2D eigenvalue weighted by Crippen LogP contribution is 2.37. The Bertz CT molecular complexity index is 479. The van der Waals surface area contributed by atoms with Crippen LogP contribution in [-0.2, 0) is 0 Å². The van der Waals surface area contributed by atoms with E-state index in [1.165, 1.54) is 13.2 Å². The second-order valence-corrected chi connectivity index (χ2v) is 2.97. The Balaban J connectivity index is 2.60. The van der Waals surface area contributed by atoms with Crippen LogP contribution in [0.1, 0.15) is 0 Å². The first kappa shape index (κ1) is 9.39. The number of rotatable bonds is 2. The molecule has 15 heavy (non-hydrogen) atoms. The van der Waals surface area contributed by atoms with Crippen molar-refractivity contribution in [1.82, 2.24) is 5.16 Å². The second kappa shape index (κ2) is 3.53. The van der Waals surface area contributed by atoms with Crippen LogP contribution in [0, 0.1) is 0 Å². The zero-order valence-electron chi connectivity index (χ0n) is 8.10. The van der Waals surface area contributed by atoms with E-state index in [2.05, 4.69) is 5.16 Å². The molecule has 2 aromatic rings. The molecular formula is C10H10N2O3. The number of nitrogen functional groups attached to an aromatic ring is 1. The van der Waals surface area contributed by atoms with E-state index in [-0.39, 0.29) is 11.6 Å². The number of nitrogens with two attached hydrogens (primary N) is 1. The van der Waals surface area contributed by atoms with E-state index in [4.69, 9.17) is 15.0 Å². The van der Waals surface area contributed by atoms with Gasteiger partial charge in [0, 0.05) is 6.07 Å². The number of aromatic hydroxyl groups is 1. The summed E-state index contributed by atoms with van der Waals surface area (Å²) in [4.78, 5) is 0. The van der Waals surface area contributed by atoms with Crippen LogP contribution < -0.4 is 10.5 Å². The Kier molecular flexibility index (Phi) is 2.21. The second-order valence-electron chi connectivity index (χ2n) is 2.97. The van der Waals surface area contributed by atoms with Crippen LogP contribution >= 0.6 is 0 Å². The lowest BCUT2D eigenvalue weighted by atomic mass is 10.1. The third-order valence-electron chi connectivity index (χ3n) is 2.01. The normalized spacial score (nSPS) is 10.2. The van der Waals surface area contributed by atoms with Gasteiger partial charge in [0.2, 0.25) is 5.88 Å². The smallest absolute Gasteiger partial charge is 0.222 e. The molecule has 0 saturated heterocycles. The number of phenols is 1. The van der Waals surface area contributed by atoms with Gasteiger partial charge in [-0.15, -0.1) is 0 Å². The van der Waals surface area contributed by atoms with Gasteiger partial charge in [0.15, 0.2) is 0 Å². The standard InChI is InChI=1S/C10H10N2O3/c1-14-8-4-2-3-7(13)10(8)6-5-9(11)15-12-6/h2-5,13H,11H2,1H3. The van der Waals surface area contributed by atoms with Gasteiger partial charge < -0.3 is 20.1 Å². The number of aromatic nitrogens is 1. The molecule has 0 radical (unpaired) electrons. The van der Waals surface area contributed by atoms with Crippen molar-refractivity contribution in [2.75, 3.05) is 12.8 Å². The van der Waals surface area contributed by atoms with Crippen molar-refractivity contribution in [3.05, 3.63) is 24.3 Å². The van der Waals surface area contributed by atoms with Crippen molar-refractivity contribution in [3.63, 3.8) is 0 Å². The molecule has 1 aromatic carbocycles. The maximum atomic E-state index is 9.68. The molecule has 0 aliphatic carbocycles. The number of phenolic OH excluding ortho intramolecular Hbond substituents is 1. The van der Waals surface area contributed by atoms with E-state index >= 15 is 0 Å². The summed E-state index contributed by atoms with van der Waals surface area (Å²) in [5.41, 5.74) is 6.33. The van der Waals surface area contributed by atoms with Crippen molar-refractivity contribution < 1.29 is 14.4 Å². The Morgan fingerprint density at radius 2 is 2.27 bits per heavy atom. The molecule has 0 saturated carbocycles. The molecule has 5 nitrogen and oxygen atoms in total. The third-order valence-corrected chi connectivity index (χ3v) is 2.01. The summed E-state index contributed by atoms with van der Waals surface area (Å²) in [6, 6.07) is 6.47. The summed E-state index contributed by atoms with van der Waals surface area (Å²) in [6.07, 6.45) is 0. The van der Waals surface area contributed by atoms with Gasteiger partial charge in [0.05, 0.1) is 12.7 Å². The number of hydrogen-bond donors (Lipinski definition) is 2. The van der Waals surface area contributed by atoms with Gasteiger partial charge in [-0.05, 0) is 12.1 Å². The molecule has 0 unspecified atom stereocenters. The molecule has 0 bridgehead atoms. The van der Waals surface area contributed by atoms with Crippen LogP contribution in [0.15, 0.2) is 28.8 Å². The molecule has 0 aliphatic heterocycles. The minimum atomic E-state index is 0.0719. The van der Waals surface area contributed by atoms with E-state index < -0.39 is 0 Å². The predicted molar refractivity (Wildman–Crippen MR) is 54.6 cm³/mol. The first-order valence-corrected chi connectivity index (χ1v) is 4.31. The highest BCUT2D eigenvalue weighted by Gasteiger charge is 2.14. The van der Waals surface area contributed by atoms with Crippen molar-refractivity contribution in [2.45, 2.75) is 0 Å². The largest absolute Gasteiger partial charge is 0.507 e. The molecule has 1 heterocycles. The van der Waals surface area contributed by atoms with Gasteiger partial charge >= 0.3 is 0 Å². The van der Waals surface area contributed by atoms with Crippen molar-refractivity contribution in [1.29, 1.82) is 0 Å². The molecule has 0 aliphatic rings. The highest BCUT2D eigenvalue weighted by molar-refractivity contribution is 5.74. The molecule has 0 atom stereocenters. The summed E-state index contributed by atoms with van der Waals surface area (Å²) in [7, 11) is 1.52. The summed E-state index contributed by atoms with van der Waals surface area (Å²) >= 11 is 0. The number of ether oxygens (including phenoxy) is 1. The van der Waals surface area contributed by atoms with Gasteiger partial charge in [-0.2, -0.15) is 0 Å². The Hall–Kier alpha value is -2.17. The minimum absolute atomic E-state index is 0.0719. The third kappa shape index (κ3) is 1.59. The molecule has 5 heteroatoms. The van der Waals surface area contributed by atoms with Gasteiger partial charge in [-0.3, -0.25) is 0 Å². The monoisotopic (exact) mass is 206 g/mol. The van der Waals surface area contributed by atoms with E-state index in [1.54, 1.807) is 18.2 Å². The van der Waals surface area contributed by atoms with Gasteiger partial charge in [-0.1, -0.05) is 11.2 Å². The zero-order valence-corrected chi connectivity index (χ0v) is 8.10. The first-order chi connectivity index (χ1) is 7.22. The summed E-state index contributed by atoms with van der Waals surface area (Å²) < 4.78 is 9.84. The van der Waals surface area contributed by atoms with Crippen LogP contribution in [0.2, 0.25) is 0 Å². The van der Waals surface area contributed by atoms with Crippen LogP contribution in [0.5, 0.6) is 11.5 Å². The molecule has 78 valence electrons. The van der Waals surface area contributed by atoms with Crippen LogP contribution in [0.25, 0.3) is 11.3 Å². The molecular weight excluding hydrogens is 196 g/mol. The summed E-state index contributed by atoms with van der Waals surface area (Å²) in [6.45, 7) is 0. The van der Waals surface area contributed by atoms with Crippen LogP contribution in [-0.4, -0.2) is 17.4 Å². The van der Waals surface area contributed by atoms with Crippen molar-refractivity contribution >= 4 is 5.88 Å². The van der Waals surface area contributed by atoms with Crippen LogP contribution in [0.4, 0.5) is 5.88 Å². The predicted octanol–water partition coefficient (Wildman–Crippen LogP) is 1.64. The first-order valence-electron chi connectivity index (χ1n) is 4.31. The average molecular weight is 206 g/mol. The van der Waals surface area contributed by atoms with E-state index in [1.807, 2.05) is 0 Å². The molecule has 0 spiro atoms. The fourth-order valence-corrected chi connectivity index (χ4v) is 1.35. The lowest BCUT2D eigenvalue weighted by Crippen LogP contribution is -1.88. The van der Waals surface area contributed by atoms with Gasteiger partial charge in [-0.25, -0.2) is 0 Å². The number of methoxy groups -OCH3 is 1. The molecule has 1 aromatic heterocycles. The van der Waals surface area contributed by atoms with Gasteiger partial charge in [0.1, 0.15) is 17.2 Å². The minimum Gasteiger partial charge on any atom is -0.507 e. The molecule has 0 amide bonds. The Morgan fingerprint density at radius 1 is 1.47 bits per heavy atom. The lowest BCUT2D eigenvalue weighted by molar-refractivity contribution is 0.407. The Labute approximate surface area is 86.1 Å². The number of hydrogen-bond acceptors (Lipinski definition) is 5. The maximum Gasteiger partial charge on any atom is 0.222 e. The van der Waals surface area contributed by atoms with Crippen molar-refractivity contribution in [2.24, 2.45) is 0 Å². The molecule has 0 fully saturated rings. The molecule has 3 N–H and O–H groups in total. The topological polar surface area (TPSA) is 81.5 Å². The fourth-order valence-electron chi connectivity index (χ4n) is 1.35. The quantitative estimate of drug-likeness (QED) is 0.780. The van der Waals surface area contributed by atoms with Gasteiger partial charge in [0.25, 0.3) is 0 Å². The van der Waals surface area contributed by atoms with E-state index in [0.29, 0.717) is 17.0 Å². The fraction of sp³-hybridized carbons (Fsp3) is 0.100. The maximum absolute atomic E-state index is 9.68. The average Bonchev–Trinajstić information content (AvgIpc) is 2.64. The summed E-state index contributed by atoms with van der Waals surface area (Å²) in [5.74, 6) is 0.779. The molecule has 2 rings (SSSR count). The number of benzene rings is 1. The Morgan fingerprint density at radius 3 is 2.87 bits per heavy atom. The van der Waals surface area contributed by atoms with E-state index in [9.17, 15) is 5.11 Å².